The van der Waals surface area contributed by atoms with Gasteiger partial charge in [0, 0.05) is 25.1 Å². The molecule has 0 N–H and O–H groups in total. The van der Waals surface area contributed by atoms with Gasteiger partial charge in [-0.3, -0.25) is 4.79 Å². The first-order valence-corrected chi connectivity index (χ1v) is 7.44. The fraction of sp³-hybridized carbons (Fsp3) is 0.500. The summed E-state index contributed by atoms with van der Waals surface area (Å²) in [4.78, 5) is 18.7. The van der Waals surface area contributed by atoms with Gasteiger partial charge >= 0.3 is 0 Å². The Morgan fingerprint density at radius 3 is 3.00 bits per heavy atom. The minimum Gasteiger partial charge on any atom is -0.473 e. The van der Waals surface area contributed by atoms with Gasteiger partial charge in [0.15, 0.2) is 0 Å². The molecule has 2 heterocycles. The standard InChI is InChI=1S/C16H19FN2O2/c1-2-11(9-17)10-21-15-6-5-13-14(18-15)7-8-19(16(13)20)12-3-4-12/h5-6,9,12H,2-4,7-8,10H2,1H3/b11-9-. The van der Waals surface area contributed by atoms with Crippen LogP contribution in [0.15, 0.2) is 24.0 Å². The summed E-state index contributed by atoms with van der Waals surface area (Å²) in [5.74, 6) is 0.532. The number of amides is 1. The van der Waals surface area contributed by atoms with E-state index >= 15 is 0 Å². The Morgan fingerprint density at radius 2 is 2.33 bits per heavy atom. The van der Waals surface area contributed by atoms with Gasteiger partial charge in [-0.05, 0) is 30.9 Å². The van der Waals surface area contributed by atoms with Crippen LogP contribution in [0.1, 0.15) is 42.2 Å². The van der Waals surface area contributed by atoms with E-state index < -0.39 is 0 Å². The molecule has 1 fully saturated rings. The number of pyridine rings is 1. The van der Waals surface area contributed by atoms with Crippen LogP contribution >= 0.6 is 0 Å². The van der Waals surface area contributed by atoms with Crippen molar-refractivity contribution in [2.24, 2.45) is 0 Å². The fourth-order valence-electron chi connectivity index (χ4n) is 2.54. The summed E-state index contributed by atoms with van der Waals surface area (Å²) in [6, 6.07) is 3.90. The van der Waals surface area contributed by atoms with E-state index in [1.54, 1.807) is 12.1 Å². The third-order valence-corrected chi connectivity index (χ3v) is 4.03. The number of halogens is 1. The largest absolute Gasteiger partial charge is 0.473 e. The van der Waals surface area contributed by atoms with Gasteiger partial charge in [-0.1, -0.05) is 6.92 Å². The van der Waals surface area contributed by atoms with Gasteiger partial charge in [0.05, 0.1) is 17.6 Å². The molecule has 21 heavy (non-hydrogen) atoms. The molecule has 1 aliphatic carbocycles. The molecule has 0 saturated heterocycles. The summed E-state index contributed by atoms with van der Waals surface area (Å²) >= 11 is 0. The Labute approximate surface area is 123 Å². The molecule has 1 amide bonds. The van der Waals surface area contributed by atoms with Crippen LogP contribution in [0.5, 0.6) is 5.88 Å². The number of fused-ring (bicyclic) bond motifs is 1. The summed E-state index contributed by atoms with van der Waals surface area (Å²) in [7, 11) is 0. The molecule has 0 aromatic carbocycles. The quantitative estimate of drug-likeness (QED) is 0.837. The summed E-state index contributed by atoms with van der Waals surface area (Å²) < 4.78 is 18.0. The van der Waals surface area contributed by atoms with Crippen molar-refractivity contribution >= 4 is 5.91 Å². The topological polar surface area (TPSA) is 42.4 Å². The highest BCUT2D eigenvalue weighted by Crippen LogP contribution is 2.31. The lowest BCUT2D eigenvalue weighted by atomic mass is 10.0. The van der Waals surface area contributed by atoms with Crippen molar-refractivity contribution in [3.8, 4) is 5.88 Å². The van der Waals surface area contributed by atoms with Gasteiger partial charge < -0.3 is 9.64 Å². The third kappa shape index (κ3) is 2.91. The molecular weight excluding hydrogens is 271 g/mol. The van der Waals surface area contributed by atoms with E-state index in [0.717, 1.165) is 31.5 Å². The summed E-state index contributed by atoms with van der Waals surface area (Å²) in [6.45, 7) is 2.80. The molecule has 1 saturated carbocycles. The first-order chi connectivity index (χ1) is 10.2. The molecule has 1 aromatic heterocycles. The zero-order chi connectivity index (χ0) is 14.8. The minimum atomic E-state index is 0.0794. The van der Waals surface area contributed by atoms with Crippen LogP contribution in [0.3, 0.4) is 0 Å². The highest BCUT2D eigenvalue weighted by Gasteiger charge is 2.36. The van der Waals surface area contributed by atoms with E-state index in [1.807, 2.05) is 11.8 Å². The minimum absolute atomic E-state index is 0.0794. The summed E-state index contributed by atoms with van der Waals surface area (Å²) in [5.41, 5.74) is 2.06. The first kappa shape index (κ1) is 14.0. The number of aromatic nitrogens is 1. The smallest absolute Gasteiger partial charge is 0.255 e. The molecule has 2 aliphatic rings. The predicted octanol–water partition coefficient (Wildman–Crippen LogP) is 2.88. The van der Waals surface area contributed by atoms with E-state index in [2.05, 4.69) is 4.98 Å². The number of rotatable bonds is 5. The van der Waals surface area contributed by atoms with Gasteiger partial charge in [-0.2, -0.15) is 0 Å². The molecule has 1 aliphatic heterocycles. The zero-order valence-electron chi connectivity index (χ0n) is 12.1. The van der Waals surface area contributed by atoms with Crippen molar-refractivity contribution in [2.75, 3.05) is 13.2 Å². The maximum atomic E-state index is 12.5. The molecule has 4 nitrogen and oxygen atoms in total. The van der Waals surface area contributed by atoms with Gasteiger partial charge in [-0.25, -0.2) is 9.37 Å². The highest BCUT2D eigenvalue weighted by molar-refractivity contribution is 5.96. The van der Waals surface area contributed by atoms with Gasteiger partial charge in [0.2, 0.25) is 5.88 Å². The number of ether oxygens (including phenoxy) is 1. The number of hydrogen-bond donors (Lipinski definition) is 0. The Hall–Kier alpha value is -1.91. The maximum absolute atomic E-state index is 12.5. The SMILES string of the molecule is CC/C(=C/F)COc1ccc2c(n1)CCN(C1CC1)C2=O. The van der Waals surface area contributed by atoms with Crippen molar-refractivity contribution in [2.45, 2.75) is 38.6 Å². The Bertz CT molecular complexity index is 582. The lowest BCUT2D eigenvalue weighted by molar-refractivity contribution is 0.0724. The van der Waals surface area contributed by atoms with Crippen LogP contribution in [-0.4, -0.2) is 35.0 Å². The van der Waals surface area contributed by atoms with Crippen LogP contribution in [0.2, 0.25) is 0 Å². The average molecular weight is 290 g/mol. The highest BCUT2D eigenvalue weighted by atomic mass is 19.1. The average Bonchev–Trinajstić information content (AvgIpc) is 3.33. The van der Waals surface area contributed by atoms with E-state index in [-0.39, 0.29) is 12.5 Å². The number of carbonyl (C=O) groups excluding carboxylic acids is 1. The maximum Gasteiger partial charge on any atom is 0.255 e. The monoisotopic (exact) mass is 290 g/mol. The molecule has 0 bridgehead atoms. The first-order valence-electron chi connectivity index (χ1n) is 7.44. The molecule has 0 atom stereocenters. The summed E-state index contributed by atoms with van der Waals surface area (Å²) in [5, 5.41) is 0. The van der Waals surface area contributed by atoms with E-state index in [9.17, 15) is 9.18 Å². The Balaban J connectivity index is 1.72. The summed E-state index contributed by atoms with van der Waals surface area (Å²) in [6.07, 6.45) is 4.18. The van der Waals surface area contributed by atoms with E-state index in [4.69, 9.17) is 4.74 Å². The zero-order valence-corrected chi connectivity index (χ0v) is 12.1. The third-order valence-electron chi connectivity index (χ3n) is 4.03. The van der Waals surface area contributed by atoms with E-state index in [1.165, 1.54) is 0 Å². The molecule has 3 rings (SSSR count). The van der Waals surface area contributed by atoms with Crippen molar-refractivity contribution in [1.82, 2.24) is 9.88 Å². The lowest BCUT2D eigenvalue weighted by Gasteiger charge is -2.28. The van der Waals surface area contributed by atoms with Crippen molar-refractivity contribution < 1.29 is 13.9 Å². The van der Waals surface area contributed by atoms with E-state index in [0.29, 0.717) is 35.8 Å². The number of carbonyl (C=O) groups is 1. The van der Waals surface area contributed by atoms with Crippen LogP contribution in [0.4, 0.5) is 4.39 Å². The second-order valence-electron chi connectivity index (χ2n) is 5.53. The van der Waals surface area contributed by atoms with Crippen LogP contribution in [0.25, 0.3) is 0 Å². The number of hydrogen-bond acceptors (Lipinski definition) is 3. The van der Waals surface area contributed by atoms with Crippen molar-refractivity contribution in [3.05, 3.63) is 35.3 Å². The van der Waals surface area contributed by atoms with Crippen LogP contribution < -0.4 is 4.74 Å². The second kappa shape index (κ2) is 5.84. The molecule has 112 valence electrons. The van der Waals surface area contributed by atoms with Gasteiger partial charge in [-0.15, -0.1) is 0 Å². The predicted molar refractivity (Wildman–Crippen MR) is 77.0 cm³/mol. The molecule has 0 unspecified atom stereocenters. The molecule has 1 aromatic rings. The Kier molecular flexibility index (Phi) is 3.90. The van der Waals surface area contributed by atoms with Crippen molar-refractivity contribution in [3.63, 3.8) is 0 Å². The van der Waals surface area contributed by atoms with Crippen LogP contribution in [0, 0.1) is 0 Å². The molecular formula is C16H19FN2O2. The van der Waals surface area contributed by atoms with Crippen LogP contribution in [-0.2, 0) is 6.42 Å². The van der Waals surface area contributed by atoms with Gasteiger partial charge in [0.1, 0.15) is 6.61 Å². The normalized spacial score (nSPS) is 18.7. The molecule has 0 radical (unpaired) electrons. The fourth-order valence-corrected chi connectivity index (χ4v) is 2.54. The lowest BCUT2D eigenvalue weighted by Crippen LogP contribution is -2.39. The molecule has 0 spiro atoms. The number of nitrogens with zero attached hydrogens (tertiary/aromatic N) is 2. The Morgan fingerprint density at radius 1 is 1.52 bits per heavy atom. The van der Waals surface area contributed by atoms with Gasteiger partial charge in [0.25, 0.3) is 5.91 Å². The second-order valence-corrected chi connectivity index (χ2v) is 5.53. The van der Waals surface area contributed by atoms with Crippen molar-refractivity contribution in [1.29, 1.82) is 0 Å². The molecule has 5 heteroatoms.